The molecule has 0 fully saturated rings. The highest BCUT2D eigenvalue weighted by molar-refractivity contribution is 8.14. The average Bonchev–Trinajstić information content (AvgIpc) is 3.42. The van der Waals surface area contributed by atoms with Gasteiger partial charge in [-0.3, -0.25) is 9.48 Å². The summed E-state index contributed by atoms with van der Waals surface area (Å²) in [5.74, 6) is 0.157. The van der Waals surface area contributed by atoms with E-state index in [1.165, 1.54) is 23.5 Å². The first-order valence-corrected chi connectivity index (χ1v) is 11.1. The molecule has 0 aliphatic carbocycles. The molecule has 0 radical (unpaired) electrons. The molecular weight excluding hydrogens is 432 g/mol. The second kappa shape index (κ2) is 9.90. The first kappa shape index (κ1) is 21.3. The highest BCUT2D eigenvalue weighted by Crippen LogP contribution is 2.32. The molecule has 2 aromatic heterocycles. The molecule has 1 amide bonds. The zero-order valence-corrected chi connectivity index (χ0v) is 18.6. The second-order valence-corrected chi connectivity index (χ2v) is 8.81. The van der Waals surface area contributed by atoms with Crippen molar-refractivity contribution in [2.75, 3.05) is 12.4 Å². The Hall–Kier alpha value is -2.95. The maximum absolute atomic E-state index is 13.0. The summed E-state index contributed by atoms with van der Waals surface area (Å²) in [6, 6.07) is 13.6. The average molecular weight is 453 g/mol. The van der Waals surface area contributed by atoms with Crippen LogP contribution in [0.1, 0.15) is 22.5 Å². The van der Waals surface area contributed by atoms with Crippen LogP contribution in [0.25, 0.3) is 0 Å². The van der Waals surface area contributed by atoms with E-state index in [0.717, 1.165) is 20.4 Å². The summed E-state index contributed by atoms with van der Waals surface area (Å²) in [6.45, 7) is 0.559. The molecule has 0 bridgehead atoms. The zero-order valence-electron chi connectivity index (χ0n) is 17.0. The number of ether oxygens (including phenoxy) is 1. The number of nitrogens with one attached hydrogen (secondary N) is 1. The Morgan fingerprint density at radius 3 is 2.68 bits per heavy atom. The van der Waals surface area contributed by atoms with Crippen LogP contribution < -0.4 is 5.32 Å². The molecule has 1 aliphatic heterocycles. The van der Waals surface area contributed by atoms with Gasteiger partial charge in [0.05, 0.1) is 6.61 Å². The topological polar surface area (TPSA) is 93.8 Å². The maximum atomic E-state index is 13.0. The van der Waals surface area contributed by atoms with Gasteiger partial charge in [0, 0.05) is 48.8 Å². The summed E-state index contributed by atoms with van der Waals surface area (Å²) >= 11 is 2.89. The van der Waals surface area contributed by atoms with Crippen molar-refractivity contribution in [1.82, 2.24) is 14.8 Å². The quantitative estimate of drug-likeness (QED) is 0.576. The van der Waals surface area contributed by atoms with Crippen molar-refractivity contribution in [1.29, 1.82) is 0 Å². The van der Waals surface area contributed by atoms with Crippen molar-refractivity contribution in [3.05, 3.63) is 59.9 Å². The third-order valence-corrected chi connectivity index (χ3v) is 6.18. The predicted octanol–water partition coefficient (Wildman–Crippen LogP) is 4.25. The SMILES string of the molecule is COCc1ccc(Sc2ccc(SC3=NN=CC3)nc2C(=O)Nc2ccn(C)n2)cc1. The number of aromatic nitrogens is 3. The minimum absolute atomic E-state index is 0.315. The van der Waals surface area contributed by atoms with Crippen LogP contribution in [-0.4, -0.2) is 39.0 Å². The number of thioether (sulfide) groups is 1. The molecule has 3 aromatic rings. The van der Waals surface area contributed by atoms with E-state index in [9.17, 15) is 4.79 Å². The molecule has 0 spiro atoms. The molecule has 8 nitrogen and oxygen atoms in total. The number of carbonyl (C=O) groups is 1. The Morgan fingerprint density at radius 2 is 2.00 bits per heavy atom. The molecule has 1 aromatic carbocycles. The molecule has 0 saturated heterocycles. The van der Waals surface area contributed by atoms with E-state index >= 15 is 0 Å². The van der Waals surface area contributed by atoms with Gasteiger partial charge in [-0.15, -0.1) is 5.10 Å². The van der Waals surface area contributed by atoms with E-state index in [0.29, 0.717) is 29.6 Å². The predicted molar refractivity (Wildman–Crippen MR) is 123 cm³/mol. The number of hydrogen-bond acceptors (Lipinski definition) is 8. The molecule has 1 aliphatic rings. The number of methoxy groups -OCH3 is 1. The molecule has 4 rings (SSSR count). The fourth-order valence-electron chi connectivity index (χ4n) is 2.78. The van der Waals surface area contributed by atoms with Gasteiger partial charge in [0.2, 0.25) is 0 Å². The first-order chi connectivity index (χ1) is 15.1. The van der Waals surface area contributed by atoms with Crippen LogP contribution in [0.15, 0.2) is 73.7 Å². The van der Waals surface area contributed by atoms with Crippen molar-refractivity contribution >= 4 is 46.5 Å². The Kier molecular flexibility index (Phi) is 6.80. The van der Waals surface area contributed by atoms with Crippen molar-refractivity contribution in [3.8, 4) is 0 Å². The van der Waals surface area contributed by atoms with Crippen LogP contribution in [0.3, 0.4) is 0 Å². The molecule has 10 heteroatoms. The number of hydrogen-bond donors (Lipinski definition) is 1. The largest absolute Gasteiger partial charge is 0.380 e. The van der Waals surface area contributed by atoms with Gasteiger partial charge in [0.1, 0.15) is 15.8 Å². The van der Waals surface area contributed by atoms with Gasteiger partial charge in [0.15, 0.2) is 5.82 Å². The first-order valence-electron chi connectivity index (χ1n) is 9.44. The molecule has 3 heterocycles. The molecular formula is C21H20N6O2S2. The molecule has 0 unspecified atom stereocenters. The van der Waals surface area contributed by atoms with Crippen molar-refractivity contribution in [2.24, 2.45) is 17.3 Å². The lowest BCUT2D eigenvalue weighted by atomic mass is 10.2. The lowest BCUT2D eigenvalue weighted by Gasteiger charge is -2.10. The van der Waals surface area contributed by atoms with Crippen LogP contribution in [0, 0.1) is 0 Å². The van der Waals surface area contributed by atoms with Gasteiger partial charge in [0.25, 0.3) is 5.91 Å². The summed E-state index contributed by atoms with van der Waals surface area (Å²) in [6.07, 6.45) is 4.19. The number of rotatable bonds is 7. The monoisotopic (exact) mass is 452 g/mol. The fourth-order valence-corrected chi connectivity index (χ4v) is 4.44. The zero-order chi connectivity index (χ0) is 21.6. The Bertz CT molecular complexity index is 1140. The molecule has 158 valence electrons. The summed E-state index contributed by atoms with van der Waals surface area (Å²) in [4.78, 5) is 19.4. The molecule has 1 N–H and O–H groups in total. The number of nitrogens with zero attached hydrogens (tertiary/aromatic N) is 5. The van der Waals surface area contributed by atoms with Crippen molar-refractivity contribution in [3.63, 3.8) is 0 Å². The van der Waals surface area contributed by atoms with E-state index in [4.69, 9.17) is 4.74 Å². The van der Waals surface area contributed by atoms with Crippen LogP contribution in [0.2, 0.25) is 0 Å². The number of aryl methyl sites for hydroxylation is 1. The summed E-state index contributed by atoms with van der Waals surface area (Å²) in [7, 11) is 3.47. The minimum atomic E-state index is -0.315. The molecule has 0 saturated carbocycles. The van der Waals surface area contributed by atoms with Crippen LogP contribution in [0.5, 0.6) is 0 Å². The van der Waals surface area contributed by atoms with Gasteiger partial charge < -0.3 is 10.1 Å². The van der Waals surface area contributed by atoms with E-state index in [2.05, 4.69) is 25.6 Å². The smallest absolute Gasteiger partial charge is 0.276 e. The number of carbonyl (C=O) groups excluding carboxylic acids is 1. The van der Waals surface area contributed by atoms with Gasteiger partial charge in [-0.25, -0.2) is 4.98 Å². The molecule has 0 atom stereocenters. The Labute approximate surface area is 188 Å². The summed E-state index contributed by atoms with van der Waals surface area (Å²) in [5.41, 5.74) is 1.42. The fraction of sp³-hybridized carbons (Fsp3) is 0.190. The minimum Gasteiger partial charge on any atom is -0.380 e. The number of pyridine rings is 1. The standard InChI is InChI=1S/C21H20N6O2S2/c1-27-12-10-17(26-27)23-21(28)20-16(30-15-5-3-14(4-6-15)13-29-2)7-8-18(24-20)31-19-9-11-22-25-19/h3-8,10-12H,9,13H2,1-2H3,(H,23,26,28). The summed E-state index contributed by atoms with van der Waals surface area (Å²) in [5, 5.41) is 16.5. The number of benzene rings is 1. The van der Waals surface area contributed by atoms with Gasteiger partial charge in [-0.1, -0.05) is 35.7 Å². The summed E-state index contributed by atoms with van der Waals surface area (Å²) < 4.78 is 6.79. The number of anilines is 1. The maximum Gasteiger partial charge on any atom is 0.276 e. The normalized spacial score (nSPS) is 12.8. The lowest BCUT2D eigenvalue weighted by Crippen LogP contribution is -2.16. The van der Waals surface area contributed by atoms with Crippen molar-refractivity contribution in [2.45, 2.75) is 27.8 Å². The van der Waals surface area contributed by atoms with E-state index in [1.54, 1.807) is 37.3 Å². The van der Waals surface area contributed by atoms with Crippen LogP contribution >= 0.6 is 23.5 Å². The lowest BCUT2D eigenvalue weighted by molar-refractivity contribution is 0.101. The van der Waals surface area contributed by atoms with Gasteiger partial charge in [-0.05, 0) is 29.8 Å². The third-order valence-electron chi connectivity index (χ3n) is 4.20. The van der Waals surface area contributed by atoms with Gasteiger partial charge >= 0.3 is 0 Å². The van der Waals surface area contributed by atoms with E-state index in [-0.39, 0.29) is 5.91 Å². The highest BCUT2D eigenvalue weighted by atomic mass is 32.2. The van der Waals surface area contributed by atoms with Crippen LogP contribution in [-0.2, 0) is 18.4 Å². The van der Waals surface area contributed by atoms with Crippen molar-refractivity contribution < 1.29 is 9.53 Å². The van der Waals surface area contributed by atoms with E-state index < -0.39 is 0 Å². The van der Waals surface area contributed by atoms with Crippen LogP contribution in [0.4, 0.5) is 5.82 Å². The Morgan fingerprint density at radius 1 is 1.16 bits per heavy atom. The third kappa shape index (κ3) is 5.60. The second-order valence-electron chi connectivity index (χ2n) is 6.60. The number of amides is 1. The highest BCUT2D eigenvalue weighted by Gasteiger charge is 2.18. The Balaban J connectivity index is 1.59. The molecule has 31 heavy (non-hydrogen) atoms. The van der Waals surface area contributed by atoms with E-state index in [1.807, 2.05) is 36.4 Å². The van der Waals surface area contributed by atoms with Gasteiger partial charge in [-0.2, -0.15) is 10.2 Å².